The molecule has 3 rings (SSSR count). The monoisotopic (exact) mass is 374 g/mol. The number of aryl methyl sites for hydroxylation is 2. The van der Waals surface area contributed by atoms with Crippen LogP contribution < -0.4 is 10.3 Å². The van der Waals surface area contributed by atoms with Crippen LogP contribution in [0.2, 0.25) is 5.02 Å². The summed E-state index contributed by atoms with van der Waals surface area (Å²) in [5.74, 6) is 0.0307. The van der Waals surface area contributed by atoms with E-state index in [1.807, 2.05) is 20.8 Å². The van der Waals surface area contributed by atoms with Gasteiger partial charge >= 0.3 is 5.97 Å². The minimum atomic E-state index is -0.555. The summed E-state index contributed by atoms with van der Waals surface area (Å²) in [6.07, 6.45) is 2.76. The Balaban J connectivity index is 1.87. The predicted molar refractivity (Wildman–Crippen MR) is 98.7 cm³/mol. The molecule has 8 heteroatoms. The van der Waals surface area contributed by atoms with Crippen LogP contribution in [0.4, 0.5) is 0 Å². The van der Waals surface area contributed by atoms with Gasteiger partial charge in [0, 0.05) is 12.1 Å². The van der Waals surface area contributed by atoms with Gasteiger partial charge in [-0.05, 0) is 36.1 Å². The SMILES string of the molecule is Cc1cc(OC(=O)Cn2cnc3c(cnn3C)c2=O)c(C(C)C)cc1Cl. The first-order valence-electron chi connectivity index (χ1n) is 8.15. The molecule has 0 saturated heterocycles. The van der Waals surface area contributed by atoms with Gasteiger partial charge in [-0.25, -0.2) is 9.78 Å². The molecule has 0 bridgehead atoms. The molecule has 0 spiro atoms. The van der Waals surface area contributed by atoms with E-state index in [1.54, 1.807) is 19.2 Å². The van der Waals surface area contributed by atoms with Crippen molar-refractivity contribution < 1.29 is 9.53 Å². The van der Waals surface area contributed by atoms with Crippen LogP contribution in [-0.2, 0) is 18.4 Å². The summed E-state index contributed by atoms with van der Waals surface area (Å²) in [5, 5.41) is 4.98. The zero-order valence-electron chi connectivity index (χ0n) is 15.0. The third-order valence-electron chi connectivity index (χ3n) is 4.15. The molecule has 2 aromatic heterocycles. The van der Waals surface area contributed by atoms with Crippen LogP contribution >= 0.6 is 11.6 Å². The summed E-state index contributed by atoms with van der Waals surface area (Å²) in [6.45, 7) is 5.58. The number of nitrogens with zero attached hydrogens (tertiary/aromatic N) is 4. The topological polar surface area (TPSA) is 79.0 Å². The number of hydrogen-bond acceptors (Lipinski definition) is 5. The average molecular weight is 375 g/mol. The van der Waals surface area contributed by atoms with Gasteiger partial charge in [0.05, 0.1) is 6.20 Å². The number of aromatic nitrogens is 4. The lowest BCUT2D eigenvalue weighted by molar-refractivity contribution is -0.135. The number of ether oxygens (including phenoxy) is 1. The van der Waals surface area contributed by atoms with E-state index in [2.05, 4.69) is 10.1 Å². The Labute approximate surface area is 155 Å². The van der Waals surface area contributed by atoms with Gasteiger partial charge in [0.25, 0.3) is 5.56 Å². The van der Waals surface area contributed by atoms with Crippen LogP contribution in [0.5, 0.6) is 5.75 Å². The molecule has 0 fully saturated rings. The molecule has 0 aliphatic rings. The van der Waals surface area contributed by atoms with E-state index in [0.29, 0.717) is 21.8 Å². The second-order valence-electron chi connectivity index (χ2n) is 6.45. The summed E-state index contributed by atoms with van der Waals surface area (Å²) in [4.78, 5) is 29.0. The molecule has 1 aromatic carbocycles. The number of carbonyl (C=O) groups is 1. The minimum Gasteiger partial charge on any atom is -0.425 e. The van der Waals surface area contributed by atoms with Crippen LogP contribution in [0.15, 0.2) is 29.5 Å². The van der Waals surface area contributed by atoms with Crippen LogP contribution in [0, 0.1) is 6.92 Å². The van der Waals surface area contributed by atoms with E-state index >= 15 is 0 Å². The molecular formula is C18H19ClN4O3. The highest BCUT2D eigenvalue weighted by Crippen LogP contribution is 2.32. The smallest absolute Gasteiger partial charge is 0.331 e. The number of carbonyl (C=O) groups excluding carboxylic acids is 1. The van der Waals surface area contributed by atoms with Crippen molar-refractivity contribution in [3.8, 4) is 5.75 Å². The number of hydrogen-bond donors (Lipinski definition) is 0. The molecule has 3 aromatic rings. The van der Waals surface area contributed by atoms with E-state index in [-0.39, 0.29) is 18.0 Å². The van der Waals surface area contributed by atoms with Gasteiger partial charge in [-0.15, -0.1) is 0 Å². The molecule has 0 aliphatic heterocycles. The third kappa shape index (κ3) is 3.35. The Hall–Kier alpha value is -2.67. The van der Waals surface area contributed by atoms with Gasteiger partial charge in [0.15, 0.2) is 5.65 Å². The molecule has 136 valence electrons. The summed E-state index contributed by atoms with van der Waals surface area (Å²) >= 11 is 6.17. The van der Waals surface area contributed by atoms with E-state index in [9.17, 15) is 9.59 Å². The Morgan fingerprint density at radius 2 is 2.08 bits per heavy atom. The lowest BCUT2D eigenvalue weighted by atomic mass is 10.0. The molecule has 7 nitrogen and oxygen atoms in total. The van der Waals surface area contributed by atoms with Gasteiger partial charge in [-0.3, -0.25) is 14.0 Å². The van der Waals surface area contributed by atoms with Gasteiger partial charge < -0.3 is 4.74 Å². The van der Waals surface area contributed by atoms with Gasteiger partial charge in [0.1, 0.15) is 24.0 Å². The summed E-state index contributed by atoms with van der Waals surface area (Å²) < 4.78 is 8.23. The number of halogens is 1. The van der Waals surface area contributed by atoms with Crippen LogP contribution in [0.25, 0.3) is 11.0 Å². The Bertz CT molecular complexity index is 1050. The highest BCUT2D eigenvalue weighted by atomic mass is 35.5. The molecule has 2 heterocycles. The molecule has 0 amide bonds. The fraction of sp³-hybridized carbons (Fsp3) is 0.333. The maximum Gasteiger partial charge on any atom is 0.331 e. The molecule has 0 aliphatic carbocycles. The Kier molecular flexibility index (Phi) is 4.82. The molecular weight excluding hydrogens is 356 g/mol. The van der Waals surface area contributed by atoms with E-state index in [1.165, 1.54) is 21.8 Å². The number of fused-ring (bicyclic) bond motifs is 1. The zero-order chi connectivity index (χ0) is 19.0. The van der Waals surface area contributed by atoms with Gasteiger partial charge in [0.2, 0.25) is 0 Å². The van der Waals surface area contributed by atoms with Crippen molar-refractivity contribution in [3.63, 3.8) is 0 Å². The van der Waals surface area contributed by atoms with Gasteiger partial charge in [-0.2, -0.15) is 5.10 Å². The number of benzene rings is 1. The van der Waals surface area contributed by atoms with Crippen LogP contribution in [-0.4, -0.2) is 25.3 Å². The standard InChI is InChI=1S/C18H19ClN4O3/c1-10(2)12-6-14(19)11(3)5-15(12)26-16(24)8-23-9-20-17-13(18(23)25)7-21-22(17)4/h5-7,9-10H,8H2,1-4H3. The first kappa shape index (κ1) is 18.1. The average Bonchev–Trinajstić information content (AvgIpc) is 2.95. The lowest BCUT2D eigenvalue weighted by Gasteiger charge is -2.15. The Morgan fingerprint density at radius 1 is 1.35 bits per heavy atom. The lowest BCUT2D eigenvalue weighted by Crippen LogP contribution is -2.27. The summed E-state index contributed by atoms with van der Waals surface area (Å²) in [5.41, 5.74) is 1.78. The first-order chi connectivity index (χ1) is 12.3. The van der Waals surface area contributed by atoms with Crippen molar-refractivity contribution >= 4 is 28.6 Å². The molecule has 0 atom stereocenters. The second kappa shape index (κ2) is 6.92. The van der Waals surface area contributed by atoms with Crippen LogP contribution in [0.3, 0.4) is 0 Å². The normalized spacial score (nSPS) is 11.3. The maximum absolute atomic E-state index is 12.4. The highest BCUT2D eigenvalue weighted by Gasteiger charge is 2.16. The predicted octanol–water partition coefficient (Wildman–Crippen LogP) is 2.82. The molecule has 0 unspecified atom stereocenters. The first-order valence-corrected chi connectivity index (χ1v) is 8.53. The summed E-state index contributed by atoms with van der Waals surface area (Å²) in [7, 11) is 1.70. The minimum absolute atomic E-state index is 0.132. The van der Waals surface area contributed by atoms with Crippen molar-refractivity contribution in [2.24, 2.45) is 7.05 Å². The van der Waals surface area contributed by atoms with Crippen molar-refractivity contribution in [1.82, 2.24) is 19.3 Å². The van der Waals surface area contributed by atoms with E-state index < -0.39 is 5.97 Å². The summed E-state index contributed by atoms with van der Waals surface area (Å²) in [6, 6.07) is 3.54. The van der Waals surface area contributed by atoms with Crippen LogP contribution in [0.1, 0.15) is 30.9 Å². The largest absolute Gasteiger partial charge is 0.425 e. The fourth-order valence-corrected chi connectivity index (χ4v) is 2.86. The third-order valence-corrected chi connectivity index (χ3v) is 4.56. The maximum atomic E-state index is 12.4. The van der Waals surface area contributed by atoms with E-state index in [4.69, 9.17) is 16.3 Å². The second-order valence-corrected chi connectivity index (χ2v) is 6.86. The quantitative estimate of drug-likeness (QED) is 0.518. The van der Waals surface area contributed by atoms with Crippen molar-refractivity contribution in [2.75, 3.05) is 0 Å². The van der Waals surface area contributed by atoms with Gasteiger partial charge in [-0.1, -0.05) is 25.4 Å². The Morgan fingerprint density at radius 3 is 2.77 bits per heavy atom. The number of rotatable bonds is 4. The molecule has 0 radical (unpaired) electrons. The molecule has 26 heavy (non-hydrogen) atoms. The fourth-order valence-electron chi connectivity index (χ4n) is 2.68. The number of esters is 1. The van der Waals surface area contributed by atoms with E-state index in [0.717, 1.165) is 11.1 Å². The van der Waals surface area contributed by atoms with Crippen molar-refractivity contribution in [1.29, 1.82) is 0 Å². The van der Waals surface area contributed by atoms with Crippen molar-refractivity contribution in [2.45, 2.75) is 33.2 Å². The highest BCUT2D eigenvalue weighted by molar-refractivity contribution is 6.31. The molecule has 0 N–H and O–H groups in total. The van der Waals surface area contributed by atoms with Crippen molar-refractivity contribution in [3.05, 3.63) is 51.2 Å². The molecule has 0 saturated carbocycles. The zero-order valence-corrected chi connectivity index (χ0v) is 15.7.